The summed E-state index contributed by atoms with van der Waals surface area (Å²) < 4.78 is 5.17. The van der Waals surface area contributed by atoms with Crippen LogP contribution in [-0.4, -0.2) is 54.4 Å². The maximum absolute atomic E-state index is 11.7. The highest BCUT2D eigenvalue weighted by atomic mass is 16.5. The van der Waals surface area contributed by atoms with Crippen LogP contribution in [0.1, 0.15) is 13.3 Å². The van der Waals surface area contributed by atoms with Crippen molar-refractivity contribution in [1.29, 1.82) is 0 Å². The summed E-state index contributed by atoms with van der Waals surface area (Å²) in [6, 6.07) is -0.684. The molecule has 0 aliphatic carbocycles. The Morgan fingerprint density at radius 1 is 1.79 bits per heavy atom. The molecule has 1 amide bonds. The molecule has 14 heavy (non-hydrogen) atoms. The summed E-state index contributed by atoms with van der Waals surface area (Å²) in [5.41, 5.74) is 5.65. The van der Waals surface area contributed by atoms with E-state index in [1.165, 1.54) is 0 Å². The normalized spacial score (nSPS) is 24.8. The van der Waals surface area contributed by atoms with Crippen LogP contribution >= 0.6 is 0 Å². The topological polar surface area (TPSA) is 75.8 Å². The molecule has 1 fully saturated rings. The molecule has 82 valence electrons. The second kappa shape index (κ2) is 5.29. The molecule has 0 saturated carbocycles. The molecule has 3 N–H and O–H groups in total. The average molecular weight is 202 g/mol. The molecule has 2 atom stereocenters. The zero-order valence-electron chi connectivity index (χ0n) is 8.48. The van der Waals surface area contributed by atoms with Gasteiger partial charge in [0.2, 0.25) is 5.91 Å². The Hall–Kier alpha value is -0.650. The Balaban J connectivity index is 2.58. The van der Waals surface area contributed by atoms with Gasteiger partial charge < -0.3 is 20.5 Å². The fraction of sp³-hybridized carbons (Fsp3) is 0.889. The second-order valence-corrected chi connectivity index (χ2v) is 3.46. The van der Waals surface area contributed by atoms with Gasteiger partial charge in [-0.25, -0.2) is 0 Å². The maximum Gasteiger partial charge on any atom is 0.239 e. The van der Waals surface area contributed by atoms with E-state index in [4.69, 9.17) is 15.6 Å². The first kappa shape index (κ1) is 11.4. The van der Waals surface area contributed by atoms with Crippen LogP contribution in [-0.2, 0) is 9.53 Å². The molecule has 1 saturated heterocycles. The molecule has 5 heteroatoms. The third-order valence-corrected chi connectivity index (χ3v) is 2.48. The van der Waals surface area contributed by atoms with Gasteiger partial charge in [-0.1, -0.05) is 6.92 Å². The van der Waals surface area contributed by atoms with Gasteiger partial charge in [0.15, 0.2) is 0 Å². The maximum atomic E-state index is 11.7. The lowest BCUT2D eigenvalue weighted by atomic mass is 10.1. The van der Waals surface area contributed by atoms with E-state index in [9.17, 15) is 4.79 Å². The van der Waals surface area contributed by atoms with Crippen molar-refractivity contribution < 1.29 is 14.6 Å². The van der Waals surface area contributed by atoms with E-state index < -0.39 is 6.04 Å². The first-order valence-corrected chi connectivity index (χ1v) is 4.95. The zero-order valence-corrected chi connectivity index (χ0v) is 8.48. The van der Waals surface area contributed by atoms with Gasteiger partial charge in [0.1, 0.15) is 0 Å². The molecule has 1 rings (SSSR count). The minimum atomic E-state index is -0.456. The Bertz CT molecular complexity index is 198. The molecule has 0 spiro atoms. The van der Waals surface area contributed by atoms with Gasteiger partial charge in [0.25, 0.3) is 0 Å². The number of aliphatic hydroxyl groups excluding tert-OH is 1. The van der Waals surface area contributed by atoms with Crippen LogP contribution in [0.25, 0.3) is 0 Å². The highest BCUT2D eigenvalue weighted by molar-refractivity contribution is 5.82. The van der Waals surface area contributed by atoms with Crippen LogP contribution in [0.3, 0.4) is 0 Å². The van der Waals surface area contributed by atoms with Crippen molar-refractivity contribution in [2.75, 3.05) is 26.4 Å². The first-order valence-electron chi connectivity index (χ1n) is 4.95. The van der Waals surface area contributed by atoms with Gasteiger partial charge >= 0.3 is 0 Å². The number of rotatable bonds is 3. The summed E-state index contributed by atoms with van der Waals surface area (Å²) in [4.78, 5) is 13.4. The number of ether oxygens (including phenoxy) is 1. The van der Waals surface area contributed by atoms with Gasteiger partial charge in [-0.05, 0) is 6.42 Å². The molecule has 1 aliphatic rings. The fourth-order valence-electron chi connectivity index (χ4n) is 1.48. The molecule has 0 aromatic carbocycles. The lowest BCUT2D eigenvalue weighted by molar-refractivity contribution is -0.143. The summed E-state index contributed by atoms with van der Waals surface area (Å²) in [6.45, 7) is 3.26. The quantitative estimate of drug-likeness (QED) is 0.612. The summed E-state index contributed by atoms with van der Waals surface area (Å²) in [6.07, 6.45) is 0.619. The number of nitrogens with zero attached hydrogens (tertiary/aromatic N) is 1. The third-order valence-electron chi connectivity index (χ3n) is 2.48. The lowest BCUT2D eigenvalue weighted by Gasteiger charge is -2.35. The van der Waals surface area contributed by atoms with Gasteiger partial charge in [0.05, 0.1) is 31.9 Å². The highest BCUT2D eigenvalue weighted by Gasteiger charge is 2.29. The van der Waals surface area contributed by atoms with Crippen LogP contribution < -0.4 is 5.73 Å². The molecule has 0 radical (unpaired) electrons. The predicted octanol–water partition coefficient (Wildman–Crippen LogP) is -1.06. The molecule has 0 bridgehead atoms. The number of nitrogens with two attached hydrogens (primary N) is 1. The highest BCUT2D eigenvalue weighted by Crippen LogP contribution is 2.08. The number of aliphatic hydroxyl groups is 1. The van der Waals surface area contributed by atoms with Crippen molar-refractivity contribution in [3.8, 4) is 0 Å². The Kier molecular flexibility index (Phi) is 4.31. The molecule has 1 unspecified atom stereocenters. The molecular formula is C9H18N2O3. The van der Waals surface area contributed by atoms with E-state index in [0.29, 0.717) is 26.2 Å². The molecule has 1 heterocycles. The first-order chi connectivity index (χ1) is 6.70. The number of morpholine rings is 1. The number of carbonyl (C=O) groups is 1. The number of carbonyl (C=O) groups excluding carboxylic acids is 1. The van der Waals surface area contributed by atoms with Crippen LogP contribution in [0.2, 0.25) is 0 Å². The third kappa shape index (κ3) is 2.43. The fourth-order valence-corrected chi connectivity index (χ4v) is 1.48. The van der Waals surface area contributed by atoms with Crippen LogP contribution in [0.4, 0.5) is 0 Å². The van der Waals surface area contributed by atoms with Gasteiger partial charge in [-0.15, -0.1) is 0 Å². The largest absolute Gasteiger partial charge is 0.394 e. The number of amides is 1. The lowest BCUT2D eigenvalue weighted by Crippen LogP contribution is -2.55. The minimum absolute atomic E-state index is 0.0673. The van der Waals surface area contributed by atoms with Crippen LogP contribution in [0, 0.1) is 0 Å². The van der Waals surface area contributed by atoms with E-state index in [1.807, 2.05) is 6.92 Å². The Morgan fingerprint density at radius 3 is 3.07 bits per heavy atom. The van der Waals surface area contributed by atoms with Crippen molar-refractivity contribution >= 4 is 5.91 Å². The van der Waals surface area contributed by atoms with Gasteiger partial charge in [0, 0.05) is 6.54 Å². The zero-order chi connectivity index (χ0) is 10.6. The SMILES string of the molecule is CC[C@H](N)C(=O)N1CCOCC1CO. The van der Waals surface area contributed by atoms with E-state index in [-0.39, 0.29) is 18.6 Å². The number of hydrogen-bond donors (Lipinski definition) is 2. The van der Waals surface area contributed by atoms with Gasteiger partial charge in [-0.3, -0.25) is 4.79 Å². The van der Waals surface area contributed by atoms with E-state index >= 15 is 0 Å². The summed E-state index contributed by atoms with van der Waals surface area (Å²) in [5, 5.41) is 9.05. The summed E-state index contributed by atoms with van der Waals surface area (Å²) in [7, 11) is 0. The average Bonchev–Trinajstić information content (AvgIpc) is 2.26. The molecule has 0 aromatic heterocycles. The predicted molar refractivity (Wildman–Crippen MR) is 51.7 cm³/mol. The smallest absolute Gasteiger partial charge is 0.239 e. The minimum Gasteiger partial charge on any atom is -0.394 e. The van der Waals surface area contributed by atoms with Crippen LogP contribution in [0.15, 0.2) is 0 Å². The molecular weight excluding hydrogens is 184 g/mol. The van der Waals surface area contributed by atoms with Crippen molar-refractivity contribution in [2.24, 2.45) is 5.73 Å². The second-order valence-electron chi connectivity index (χ2n) is 3.46. The van der Waals surface area contributed by atoms with Crippen molar-refractivity contribution in [1.82, 2.24) is 4.90 Å². The van der Waals surface area contributed by atoms with E-state index in [0.717, 1.165) is 0 Å². The molecule has 0 aromatic rings. The van der Waals surface area contributed by atoms with E-state index in [1.54, 1.807) is 4.90 Å². The summed E-state index contributed by atoms with van der Waals surface area (Å²) >= 11 is 0. The van der Waals surface area contributed by atoms with E-state index in [2.05, 4.69) is 0 Å². The van der Waals surface area contributed by atoms with Crippen molar-refractivity contribution in [3.05, 3.63) is 0 Å². The van der Waals surface area contributed by atoms with Gasteiger partial charge in [-0.2, -0.15) is 0 Å². The standard InChI is InChI=1S/C9H18N2O3/c1-2-8(10)9(13)11-3-4-14-6-7(11)5-12/h7-8,12H,2-6,10H2,1H3/t7?,8-/m0/s1. The van der Waals surface area contributed by atoms with Crippen molar-refractivity contribution in [3.63, 3.8) is 0 Å². The summed E-state index contributed by atoms with van der Waals surface area (Å²) in [5.74, 6) is -0.0881. The Morgan fingerprint density at radius 2 is 2.50 bits per heavy atom. The monoisotopic (exact) mass is 202 g/mol. The molecule has 1 aliphatic heterocycles. The van der Waals surface area contributed by atoms with Crippen molar-refractivity contribution in [2.45, 2.75) is 25.4 Å². The molecule has 5 nitrogen and oxygen atoms in total. The van der Waals surface area contributed by atoms with Crippen LogP contribution in [0.5, 0.6) is 0 Å². The number of hydrogen-bond acceptors (Lipinski definition) is 4. The Labute approximate surface area is 83.8 Å².